The lowest BCUT2D eigenvalue weighted by Gasteiger charge is -2.35. The zero-order chi connectivity index (χ0) is 17.1. The van der Waals surface area contributed by atoms with Gasteiger partial charge >= 0.3 is 0 Å². The van der Waals surface area contributed by atoms with Crippen LogP contribution in [0, 0.1) is 0 Å². The zero-order valence-electron chi connectivity index (χ0n) is 12.9. The van der Waals surface area contributed by atoms with Crippen LogP contribution < -0.4 is 4.90 Å². The molecule has 2 heterocycles. The van der Waals surface area contributed by atoms with Crippen molar-refractivity contribution in [2.45, 2.75) is 6.42 Å². The Morgan fingerprint density at radius 2 is 1.58 bits per heavy atom. The topological polar surface area (TPSA) is 36.4 Å². The summed E-state index contributed by atoms with van der Waals surface area (Å²) in [7, 11) is 0. The first kappa shape index (κ1) is 17.3. The van der Waals surface area contributed by atoms with Gasteiger partial charge in [-0.3, -0.25) is 4.79 Å². The van der Waals surface area contributed by atoms with Crippen LogP contribution in [0.15, 0.2) is 36.5 Å². The molecule has 1 aliphatic heterocycles. The Hall–Kier alpha value is -1.49. The van der Waals surface area contributed by atoms with Crippen molar-refractivity contribution < 1.29 is 4.79 Å². The number of pyridine rings is 1. The van der Waals surface area contributed by atoms with Gasteiger partial charge in [-0.25, -0.2) is 4.98 Å². The number of carbonyl (C=O) groups excluding carboxylic acids is 1. The molecule has 1 aromatic heterocycles. The number of anilines is 1. The summed E-state index contributed by atoms with van der Waals surface area (Å²) in [4.78, 5) is 20.8. The molecule has 0 aliphatic carbocycles. The molecule has 0 saturated carbocycles. The smallest absolute Gasteiger partial charge is 0.227 e. The maximum atomic E-state index is 12.5. The Morgan fingerprint density at radius 3 is 2.21 bits per heavy atom. The fourth-order valence-electron chi connectivity index (χ4n) is 2.74. The largest absolute Gasteiger partial charge is 0.352 e. The predicted molar refractivity (Wildman–Crippen MR) is 98.2 cm³/mol. The molecule has 1 aromatic carbocycles. The number of benzene rings is 1. The van der Waals surface area contributed by atoms with Crippen molar-refractivity contribution in [1.82, 2.24) is 9.88 Å². The van der Waals surface area contributed by atoms with Crippen molar-refractivity contribution in [1.29, 1.82) is 0 Å². The van der Waals surface area contributed by atoms with Gasteiger partial charge in [-0.15, -0.1) is 0 Å². The molecule has 0 radical (unpaired) electrons. The zero-order valence-corrected chi connectivity index (χ0v) is 15.2. The van der Waals surface area contributed by atoms with Gasteiger partial charge in [0.1, 0.15) is 5.82 Å². The second-order valence-electron chi connectivity index (χ2n) is 5.55. The maximum absolute atomic E-state index is 12.5. The second-order valence-corrected chi connectivity index (χ2v) is 6.78. The summed E-state index contributed by atoms with van der Waals surface area (Å²) in [6.07, 6.45) is 1.93. The molecule has 0 unspecified atom stereocenters. The molecule has 4 nitrogen and oxygen atoms in total. The van der Waals surface area contributed by atoms with Gasteiger partial charge in [0.15, 0.2) is 0 Å². The van der Waals surface area contributed by atoms with Gasteiger partial charge in [0.25, 0.3) is 0 Å². The molecule has 1 saturated heterocycles. The maximum Gasteiger partial charge on any atom is 0.227 e. The highest BCUT2D eigenvalue weighted by Gasteiger charge is 2.24. The lowest BCUT2D eigenvalue weighted by molar-refractivity contribution is -0.130. The highest BCUT2D eigenvalue weighted by molar-refractivity contribution is 6.36. The van der Waals surface area contributed by atoms with E-state index in [4.69, 9.17) is 34.8 Å². The summed E-state index contributed by atoms with van der Waals surface area (Å²) in [5, 5.41) is 1.67. The summed E-state index contributed by atoms with van der Waals surface area (Å²) in [5.74, 6) is 0.789. The molecule has 126 valence electrons. The number of piperazine rings is 1. The van der Waals surface area contributed by atoms with Crippen LogP contribution in [-0.2, 0) is 11.2 Å². The summed E-state index contributed by atoms with van der Waals surface area (Å²) in [6.45, 7) is 2.62. The van der Waals surface area contributed by atoms with Crippen LogP contribution in [0.2, 0.25) is 15.1 Å². The first-order valence-corrected chi connectivity index (χ1v) is 8.76. The summed E-state index contributed by atoms with van der Waals surface area (Å²) < 4.78 is 0. The van der Waals surface area contributed by atoms with Crippen LogP contribution in [0.4, 0.5) is 5.82 Å². The Labute approximate surface area is 155 Å². The van der Waals surface area contributed by atoms with E-state index >= 15 is 0 Å². The number of nitrogens with zero attached hydrogens (tertiary/aromatic N) is 3. The van der Waals surface area contributed by atoms with Crippen molar-refractivity contribution in [3.05, 3.63) is 57.2 Å². The van der Waals surface area contributed by atoms with Crippen LogP contribution in [-0.4, -0.2) is 42.0 Å². The third kappa shape index (κ3) is 3.77. The molecule has 0 N–H and O–H groups in total. The Morgan fingerprint density at radius 1 is 0.958 bits per heavy atom. The minimum Gasteiger partial charge on any atom is -0.352 e. The molecule has 0 atom stereocenters. The molecule has 1 amide bonds. The molecule has 1 aliphatic rings. The van der Waals surface area contributed by atoms with E-state index in [9.17, 15) is 4.79 Å². The third-order valence-electron chi connectivity index (χ3n) is 4.06. The summed E-state index contributed by atoms with van der Waals surface area (Å²) in [6, 6.07) is 8.89. The van der Waals surface area contributed by atoms with E-state index in [-0.39, 0.29) is 12.3 Å². The van der Waals surface area contributed by atoms with E-state index in [0.29, 0.717) is 46.8 Å². The minimum absolute atomic E-state index is 0.0248. The highest BCUT2D eigenvalue weighted by atomic mass is 35.5. The standard InChI is InChI=1S/C17H16Cl3N3O/c18-13-3-1-4-14(19)12(13)11-16(24)22-7-9-23(10-8-22)17-15(20)5-2-6-21-17/h1-6H,7-11H2. The SMILES string of the molecule is O=C(Cc1c(Cl)cccc1Cl)N1CCN(c2ncccc2Cl)CC1. The minimum atomic E-state index is 0.0248. The molecule has 3 rings (SSSR count). The first-order chi connectivity index (χ1) is 11.6. The van der Waals surface area contributed by atoms with E-state index in [1.165, 1.54) is 0 Å². The molecule has 7 heteroatoms. The Bertz CT molecular complexity index is 725. The van der Waals surface area contributed by atoms with E-state index < -0.39 is 0 Å². The molecular weight excluding hydrogens is 369 g/mol. The van der Waals surface area contributed by atoms with Crippen LogP contribution in [0.1, 0.15) is 5.56 Å². The van der Waals surface area contributed by atoms with Crippen molar-refractivity contribution in [2.75, 3.05) is 31.1 Å². The van der Waals surface area contributed by atoms with Gasteiger partial charge < -0.3 is 9.80 Å². The van der Waals surface area contributed by atoms with Crippen molar-refractivity contribution >= 4 is 46.5 Å². The number of halogens is 3. The fraction of sp³-hybridized carbons (Fsp3) is 0.294. The van der Waals surface area contributed by atoms with Crippen LogP contribution in [0.3, 0.4) is 0 Å². The van der Waals surface area contributed by atoms with Gasteiger partial charge in [-0.2, -0.15) is 0 Å². The van der Waals surface area contributed by atoms with E-state index in [1.54, 1.807) is 30.5 Å². The average molecular weight is 385 g/mol. The molecule has 0 bridgehead atoms. The predicted octanol–water partition coefficient (Wildman–Crippen LogP) is 3.93. The highest BCUT2D eigenvalue weighted by Crippen LogP contribution is 2.26. The van der Waals surface area contributed by atoms with E-state index in [2.05, 4.69) is 9.88 Å². The van der Waals surface area contributed by atoms with Crippen LogP contribution >= 0.6 is 34.8 Å². The Kier molecular flexibility index (Phi) is 5.49. The van der Waals surface area contributed by atoms with Gasteiger partial charge in [0, 0.05) is 42.4 Å². The van der Waals surface area contributed by atoms with Gasteiger partial charge in [-0.1, -0.05) is 40.9 Å². The normalized spacial score (nSPS) is 14.8. The van der Waals surface area contributed by atoms with Crippen molar-refractivity contribution in [3.8, 4) is 0 Å². The third-order valence-corrected chi connectivity index (χ3v) is 5.06. The number of amides is 1. The Balaban J connectivity index is 1.62. The van der Waals surface area contributed by atoms with Gasteiger partial charge in [-0.05, 0) is 29.8 Å². The lowest BCUT2D eigenvalue weighted by Crippen LogP contribution is -2.49. The van der Waals surface area contributed by atoms with Crippen LogP contribution in [0.25, 0.3) is 0 Å². The number of carbonyl (C=O) groups is 1. The van der Waals surface area contributed by atoms with Crippen molar-refractivity contribution in [2.24, 2.45) is 0 Å². The molecule has 1 fully saturated rings. The van der Waals surface area contributed by atoms with E-state index in [0.717, 1.165) is 5.82 Å². The molecule has 24 heavy (non-hydrogen) atoms. The number of aromatic nitrogens is 1. The van der Waals surface area contributed by atoms with E-state index in [1.807, 2.05) is 11.0 Å². The van der Waals surface area contributed by atoms with Crippen LogP contribution in [0.5, 0.6) is 0 Å². The van der Waals surface area contributed by atoms with Gasteiger partial charge in [0.05, 0.1) is 11.4 Å². The lowest BCUT2D eigenvalue weighted by atomic mass is 10.1. The molecule has 2 aromatic rings. The van der Waals surface area contributed by atoms with Crippen molar-refractivity contribution in [3.63, 3.8) is 0 Å². The quantitative estimate of drug-likeness (QED) is 0.804. The monoisotopic (exact) mass is 383 g/mol. The molecule has 0 spiro atoms. The number of hydrogen-bond donors (Lipinski definition) is 0. The average Bonchev–Trinajstić information content (AvgIpc) is 2.59. The second kappa shape index (κ2) is 7.60. The summed E-state index contributed by atoms with van der Waals surface area (Å²) >= 11 is 18.5. The summed E-state index contributed by atoms with van der Waals surface area (Å²) in [5.41, 5.74) is 0.682. The fourth-order valence-corrected chi connectivity index (χ4v) is 3.51. The number of rotatable bonds is 3. The number of hydrogen-bond acceptors (Lipinski definition) is 3. The molecular formula is C17H16Cl3N3O. The van der Waals surface area contributed by atoms with Gasteiger partial charge in [0.2, 0.25) is 5.91 Å². The first-order valence-electron chi connectivity index (χ1n) is 7.62.